The number of rotatable bonds is 6. The Hall–Kier alpha value is -1.92. The van der Waals surface area contributed by atoms with Gasteiger partial charge in [0.2, 0.25) is 0 Å². The molecule has 1 saturated heterocycles. The summed E-state index contributed by atoms with van der Waals surface area (Å²) in [6.07, 6.45) is 2.28. The van der Waals surface area contributed by atoms with E-state index in [1.54, 1.807) is 13.2 Å². The zero-order valence-electron chi connectivity index (χ0n) is 14.7. The summed E-state index contributed by atoms with van der Waals surface area (Å²) in [5.74, 6) is -0.143. The number of likely N-dealkylation sites (tertiary alicyclic amines) is 1. The van der Waals surface area contributed by atoms with E-state index in [0.717, 1.165) is 37.2 Å². The zero-order valence-corrected chi connectivity index (χ0v) is 16.3. The first-order chi connectivity index (χ1) is 12.6. The number of nitrogens with zero attached hydrogens (tertiary/aromatic N) is 1. The van der Waals surface area contributed by atoms with Gasteiger partial charge in [-0.1, -0.05) is 34.1 Å². The van der Waals surface area contributed by atoms with Gasteiger partial charge in [-0.15, -0.1) is 0 Å². The van der Waals surface area contributed by atoms with E-state index in [-0.39, 0.29) is 11.6 Å². The van der Waals surface area contributed by atoms with Crippen LogP contribution in [0.15, 0.2) is 46.9 Å². The van der Waals surface area contributed by atoms with Gasteiger partial charge in [-0.3, -0.25) is 9.69 Å². The molecule has 1 fully saturated rings. The van der Waals surface area contributed by atoms with Crippen LogP contribution in [0.4, 0.5) is 4.39 Å². The number of nitrogens with one attached hydrogen (secondary N) is 1. The maximum absolute atomic E-state index is 14.0. The summed E-state index contributed by atoms with van der Waals surface area (Å²) in [6.45, 7) is 2.35. The fourth-order valence-electron chi connectivity index (χ4n) is 3.39. The van der Waals surface area contributed by atoms with Crippen LogP contribution in [-0.4, -0.2) is 37.6 Å². The Balaban J connectivity index is 1.80. The predicted molar refractivity (Wildman–Crippen MR) is 103 cm³/mol. The molecule has 0 radical (unpaired) electrons. The van der Waals surface area contributed by atoms with Crippen molar-refractivity contribution in [1.29, 1.82) is 0 Å². The molecule has 1 atom stereocenters. The Kier molecular flexibility index (Phi) is 6.27. The van der Waals surface area contributed by atoms with Crippen molar-refractivity contribution in [3.63, 3.8) is 0 Å². The van der Waals surface area contributed by atoms with Gasteiger partial charge in [0.1, 0.15) is 11.6 Å². The lowest BCUT2D eigenvalue weighted by Gasteiger charge is -2.29. The van der Waals surface area contributed by atoms with Crippen LogP contribution >= 0.6 is 15.9 Å². The normalized spacial score (nSPS) is 15.7. The van der Waals surface area contributed by atoms with Crippen LogP contribution < -0.4 is 10.1 Å². The summed E-state index contributed by atoms with van der Waals surface area (Å²) < 4.78 is 20.2. The number of halogens is 2. The molecular formula is C20H22BrFN2O2. The van der Waals surface area contributed by atoms with Crippen molar-refractivity contribution in [2.24, 2.45) is 0 Å². The van der Waals surface area contributed by atoms with E-state index in [4.69, 9.17) is 4.74 Å². The van der Waals surface area contributed by atoms with E-state index >= 15 is 0 Å². The summed E-state index contributed by atoms with van der Waals surface area (Å²) in [5, 5.41) is 2.90. The second-order valence-corrected chi connectivity index (χ2v) is 7.25. The van der Waals surface area contributed by atoms with Crippen LogP contribution in [0.1, 0.15) is 34.8 Å². The van der Waals surface area contributed by atoms with Gasteiger partial charge in [0.15, 0.2) is 0 Å². The molecule has 4 nitrogen and oxygen atoms in total. The molecule has 138 valence electrons. The minimum atomic E-state index is -0.527. The largest absolute Gasteiger partial charge is 0.496 e. The molecule has 1 aliphatic rings. The van der Waals surface area contributed by atoms with Crippen LogP contribution in [0.3, 0.4) is 0 Å². The van der Waals surface area contributed by atoms with Crippen molar-refractivity contribution in [3.05, 3.63) is 63.9 Å². The minimum Gasteiger partial charge on any atom is -0.496 e. The fraction of sp³-hybridized carbons (Fsp3) is 0.350. The number of para-hydroxylation sites is 1. The maximum Gasteiger partial charge on any atom is 0.254 e. The van der Waals surface area contributed by atoms with Gasteiger partial charge in [-0.05, 0) is 50.2 Å². The molecule has 1 aliphatic heterocycles. The molecule has 1 heterocycles. The molecule has 0 saturated carbocycles. The van der Waals surface area contributed by atoms with Crippen LogP contribution in [0.2, 0.25) is 0 Å². The lowest BCUT2D eigenvalue weighted by Crippen LogP contribution is -2.37. The molecule has 0 aliphatic carbocycles. The highest BCUT2D eigenvalue weighted by atomic mass is 79.9. The van der Waals surface area contributed by atoms with Gasteiger partial charge < -0.3 is 10.1 Å². The highest BCUT2D eigenvalue weighted by Crippen LogP contribution is 2.31. The highest BCUT2D eigenvalue weighted by Gasteiger charge is 2.26. The third-order valence-corrected chi connectivity index (χ3v) is 5.20. The lowest BCUT2D eigenvalue weighted by molar-refractivity contribution is 0.0933. The smallest absolute Gasteiger partial charge is 0.254 e. The minimum absolute atomic E-state index is 0.00665. The Morgan fingerprint density at radius 2 is 2.00 bits per heavy atom. The molecule has 2 aromatic rings. The monoisotopic (exact) mass is 420 g/mol. The number of carbonyl (C=O) groups is 1. The molecule has 6 heteroatoms. The third kappa shape index (κ3) is 4.24. The second-order valence-electron chi connectivity index (χ2n) is 6.34. The molecule has 0 bridgehead atoms. The highest BCUT2D eigenvalue weighted by molar-refractivity contribution is 9.10. The number of benzene rings is 2. The van der Waals surface area contributed by atoms with Gasteiger partial charge in [0.25, 0.3) is 5.91 Å². The zero-order chi connectivity index (χ0) is 18.5. The van der Waals surface area contributed by atoms with Crippen molar-refractivity contribution in [3.8, 4) is 5.75 Å². The summed E-state index contributed by atoms with van der Waals surface area (Å²) in [7, 11) is 1.65. The lowest BCUT2D eigenvalue weighted by atomic mass is 10.0. The molecule has 26 heavy (non-hydrogen) atoms. The van der Waals surface area contributed by atoms with Gasteiger partial charge in [-0.25, -0.2) is 4.39 Å². The summed E-state index contributed by atoms with van der Waals surface area (Å²) in [5.41, 5.74) is 1.08. The summed E-state index contributed by atoms with van der Waals surface area (Å²) >= 11 is 3.28. The Labute approximate surface area is 161 Å². The number of hydrogen-bond donors (Lipinski definition) is 1. The van der Waals surface area contributed by atoms with Crippen molar-refractivity contribution < 1.29 is 13.9 Å². The number of amides is 1. The number of ether oxygens (including phenoxy) is 1. The first kappa shape index (κ1) is 18.9. The SMILES string of the molecule is COc1ccccc1C(CNC(=O)c1cc(Br)ccc1F)N1CCCC1. The van der Waals surface area contributed by atoms with Crippen LogP contribution in [0.25, 0.3) is 0 Å². The molecule has 3 rings (SSSR count). The van der Waals surface area contributed by atoms with E-state index in [1.165, 1.54) is 12.1 Å². The van der Waals surface area contributed by atoms with Crippen LogP contribution in [0, 0.1) is 5.82 Å². The molecule has 1 unspecified atom stereocenters. The quantitative estimate of drug-likeness (QED) is 0.762. The van der Waals surface area contributed by atoms with Crippen LogP contribution in [0.5, 0.6) is 5.75 Å². The molecule has 0 spiro atoms. The molecule has 1 N–H and O–H groups in total. The van der Waals surface area contributed by atoms with Crippen molar-refractivity contribution in [2.75, 3.05) is 26.7 Å². The average Bonchev–Trinajstić information content (AvgIpc) is 3.18. The van der Waals surface area contributed by atoms with E-state index in [0.29, 0.717) is 11.0 Å². The van der Waals surface area contributed by atoms with E-state index in [2.05, 4.69) is 26.1 Å². The number of carbonyl (C=O) groups excluding carboxylic acids is 1. The second kappa shape index (κ2) is 8.64. The van der Waals surface area contributed by atoms with Gasteiger partial charge in [0, 0.05) is 16.6 Å². The maximum atomic E-state index is 14.0. The molecule has 0 aromatic heterocycles. The number of hydrogen-bond acceptors (Lipinski definition) is 3. The van der Waals surface area contributed by atoms with E-state index in [1.807, 2.05) is 24.3 Å². The topological polar surface area (TPSA) is 41.6 Å². The Morgan fingerprint density at radius 1 is 1.27 bits per heavy atom. The van der Waals surface area contributed by atoms with Crippen molar-refractivity contribution in [1.82, 2.24) is 10.2 Å². The molecule has 2 aromatic carbocycles. The van der Waals surface area contributed by atoms with E-state index in [9.17, 15) is 9.18 Å². The van der Waals surface area contributed by atoms with Crippen molar-refractivity contribution >= 4 is 21.8 Å². The number of methoxy groups -OCH3 is 1. The van der Waals surface area contributed by atoms with Crippen LogP contribution in [-0.2, 0) is 0 Å². The average molecular weight is 421 g/mol. The van der Waals surface area contributed by atoms with Crippen molar-refractivity contribution in [2.45, 2.75) is 18.9 Å². The summed E-state index contributed by atoms with van der Waals surface area (Å²) in [4.78, 5) is 14.8. The van der Waals surface area contributed by atoms with Gasteiger partial charge in [0.05, 0.1) is 18.7 Å². The Morgan fingerprint density at radius 3 is 2.73 bits per heavy atom. The summed E-state index contributed by atoms with van der Waals surface area (Å²) in [6, 6.07) is 12.2. The molecule has 1 amide bonds. The fourth-order valence-corrected chi connectivity index (χ4v) is 3.75. The Bertz CT molecular complexity index is 778. The standard InChI is InChI=1S/C20H22BrFN2O2/c1-26-19-7-3-2-6-15(19)18(24-10-4-5-11-24)13-23-20(25)16-12-14(21)8-9-17(16)22/h2-3,6-9,12,18H,4-5,10-11,13H2,1H3,(H,23,25). The first-order valence-electron chi connectivity index (χ1n) is 8.70. The molecular weight excluding hydrogens is 399 g/mol. The predicted octanol–water partition coefficient (Wildman–Crippen LogP) is 4.16. The van der Waals surface area contributed by atoms with E-state index < -0.39 is 11.7 Å². The van der Waals surface area contributed by atoms with Gasteiger partial charge >= 0.3 is 0 Å². The third-order valence-electron chi connectivity index (χ3n) is 4.71. The van der Waals surface area contributed by atoms with Gasteiger partial charge in [-0.2, -0.15) is 0 Å². The first-order valence-corrected chi connectivity index (χ1v) is 9.49.